The molecule has 0 bridgehead atoms. The van der Waals surface area contributed by atoms with Crippen molar-refractivity contribution in [1.29, 1.82) is 0 Å². The van der Waals surface area contributed by atoms with E-state index < -0.39 is 34.9 Å². The quantitative estimate of drug-likeness (QED) is 0.200. The lowest BCUT2D eigenvalue weighted by Gasteiger charge is -2.30. The molecular weight excluding hydrogens is 618 g/mol. The van der Waals surface area contributed by atoms with Crippen LogP contribution < -0.4 is 24.6 Å². The Morgan fingerprint density at radius 3 is 2.42 bits per heavy atom. The van der Waals surface area contributed by atoms with Crippen molar-refractivity contribution in [3.05, 3.63) is 98.5 Å². The van der Waals surface area contributed by atoms with Gasteiger partial charge in [0.25, 0.3) is 5.91 Å². The number of nitrogens with one attached hydrogen (secondary N) is 2. The SMILES string of the molecule is CCOC(=O)c1ccc(N2C(=O)C3Sc4[nH]c(=O)sc4C(c4cccc(OCC(=O)Nc5ccc(OC)cc5)c4)C3C2=O)cc1. The Hall–Kier alpha value is -4.88. The van der Waals surface area contributed by atoms with Crippen molar-refractivity contribution in [3.63, 3.8) is 0 Å². The number of benzene rings is 3. The molecule has 1 saturated heterocycles. The first kappa shape index (κ1) is 30.2. The summed E-state index contributed by atoms with van der Waals surface area (Å²) in [5, 5.41) is 2.52. The molecule has 4 aromatic rings. The molecular formula is C32H27N3O8S2. The highest BCUT2D eigenvalue weighted by atomic mass is 32.2. The molecule has 0 aliphatic carbocycles. The lowest BCUT2D eigenvalue weighted by molar-refractivity contribution is -0.122. The smallest absolute Gasteiger partial charge is 0.338 e. The molecule has 3 amide bonds. The monoisotopic (exact) mass is 645 g/mol. The van der Waals surface area contributed by atoms with Gasteiger partial charge in [0, 0.05) is 16.5 Å². The third-order valence-corrected chi connectivity index (χ3v) is 9.82. The van der Waals surface area contributed by atoms with E-state index in [0.29, 0.717) is 43.9 Å². The third kappa shape index (κ3) is 5.96. The van der Waals surface area contributed by atoms with Gasteiger partial charge in [-0.3, -0.25) is 19.2 Å². The number of hydrogen-bond donors (Lipinski definition) is 2. The molecule has 0 radical (unpaired) electrons. The fourth-order valence-electron chi connectivity index (χ4n) is 5.41. The molecule has 2 N–H and O–H groups in total. The van der Waals surface area contributed by atoms with Crippen LogP contribution in [0.4, 0.5) is 11.4 Å². The van der Waals surface area contributed by atoms with E-state index in [1.54, 1.807) is 68.6 Å². The minimum absolute atomic E-state index is 0.223. The number of thiazole rings is 1. The third-order valence-electron chi connectivity index (χ3n) is 7.42. The average Bonchev–Trinajstić information content (AvgIpc) is 3.54. The summed E-state index contributed by atoms with van der Waals surface area (Å²) in [7, 11) is 1.56. The normalized spacial score (nSPS) is 18.6. The number of anilines is 2. The molecule has 11 nitrogen and oxygen atoms in total. The number of ether oxygens (including phenoxy) is 3. The molecule has 230 valence electrons. The summed E-state index contributed by atoms with van der Waals surface area (Å²) in [5.41, 5.74) is 1.89. The van der Waals surface area contributed by atoms with Crippen LogP contribution in [0.2, 0.25) is 0 Å². The van der Waals surface area contributed by atoms with Crippen molar-refractivity contribution >= 4 is 58.2 Å². The molecule has 3 aromatic carbocycles. The molecule has 2 aliphatic heterocycles. The molecule has 3 heterocycles. The second kappa shape index (κ2) is 12.6. The maximum atomic E-state index is 14.0. The highest BCUT2D eigenvalue weighted by Crippen LogP contribution is 2.53. The highest BCUT2D eigenvalue weighted by molar-refractivity contribution is 8.00. The number of esters is 1. The van der Waals surface area contributed by atoms with E-state index in [2.05, 4.69) is 10.3 Å². The molecule has 3 atom stereocenters. The number of nitrogens with zero attached hydrogens (tertiary/aromatic N) is 1. The minimum atomic E-state index is -0.806. The summed E-state index contributed by atoms with van der Waals surface area (Å²) < 4.78 is 16.0. The number of carbonyl (C=O) groups excluding carboxylic acids is 4. The first-order valence-corrected chi connectivity index (χ1v) is 15.7. The van der Waals surface area contributed by atoms with Gasteiger partial charge in [0.15, 0.2) is 6.61 Å². The van der Waals surface area contributed by atoms with Crippen molar-refractivity contribution in [2.24, 2.45) is 5.92 Å². The molecule has 2 aliphatic rings. The molecule has 1 aromatic heterocycles. The zero-order valence-electron chi connectivity index (χ0n) is 24.1. The predicted octanol–water partition coefficient (Wildman–Crippen LogP) is 4.44. The fraction of sp³-hybridized carbons (Fsp3) is 0.219. The average molecular weight is 646 g/mol. The molecule has 6 rings (SSSR count). The number of thioether (sulfide) groups is 1. The molecule has 3 unspecified atom stereocenters. The topological polar surface area (TPSA) is 144 Å². The zero-order chi connectivity index (χ0) is 31.7. The standard InChI is InChI=1S/C32H27N3O8S2/c1-3-42-31(39)17-7-11-20(12-8-17)35-29(37)25-24(26-28(34-32(40)45-26)44-27(25)30(35)38)18-5-4-6-22(15-18)43-16-23(36)33-19-9-13-21(41-2)14-10-19/h4-15,24-25,27H,3,16H2,1-2H3,(H,33,36)(H,34,40). The molecule has 0 saturated carbocycles. The summed E-state index contributed by atoms with van der Waals surface area (Å²) in [6, 6.07) is 20.0. The van der Waals surface area contributed by atoms with Gasteiger partial charge in [0.05, 0.1) is 35.9 Å². The van der Waals surface area contributed by atoms with Crippen LogP contribution in [0.3, 0.4) is 0 Å². The number of fused-ring (bicyclic) bond motifs is 2. The first-order valence-electron chi connectivity index (χ1n) is 14.0. The van der Waals surface area contributed by atoms with Crippen LogP contribution in [0, 0.1) is 5.92 Å². The van der Waals surface area contributed by atoms with Gasteiger partial charge in [0.2, 0.25) is 11.8 Å². The van der Waals surface area contributed by atoms with E-state index in [-0.39, 0.29) is 24.0 Å². The number of carbonyl (C=O) groups is 4. The molecule has 45 heavy (non-hydrogen) atoms. The second-order valence-corrected chi connectivity index (χ2v) is 12.3. The molecule has 0 spiro atoms. The van der Waals surface area contributed by atoms with Gasteiger partial charge >= 0.3 is 10.8 Å². The van der Waals surface area contributed by atoms with Crippen molar-refractivity contribution in [2.75, 3.05) is 30.5 Å². The summed E-state index contributed by atoms with van der Waals surface area (Å²) in [6.45, 7) is 1.66. The number of amides is 3. The van der Waals surface area contributed by atoms with Crippen LogP contribution in [0.1, 0.15) is 33.6 Å². The maximum absolute atomic E-state index is 14.0. The number of aromatic nitrogens is 1. The number of imide groups is 1. The lowest BCUT2D eigenvalue weighted by atomic mass is 9.83. The minimum Gasteiger partial charge on any atom is -0.497 e. The Morgan fingerprint density at radius 1 is 0.956 bits per heavy atom. The zero-order valence-corrected chi connectivity index (χ0v) is 25.7. The summed E-state index contributed by atoms with van der Waals surface area (Å²) in [5.74, 6) is -2.07. The first-order chi connectivity index (χ1) is 21.8. The van der Waals surface area contributed by atoms with Gasteiger partial charge in [-0.25, -0.2) is 9.69 Å². The second-order valence-electron chi connectivity index (χ2n) is 10.2. The largest absolute Gasteiger partial charge is 0.497 e. The molecule has 13 heteroatoms. The number of H-pyrrole nitrogens is 1. The number of aromatic amines is 1. The van der Waals surface area contributed by atoms with Gasteiger partial charge in [-0.15, -0.1) is 0 Å². The predicted molar refractivity (Wildman–Crippen MR) is 168 cm³/mol. The van der Waals surface area contributed by atoms with Crippen LogP contribution >= 0.6 is 23.1 Å². The number of rotatable bonds is 9. The van der Waals surface area contributed by atoms with Crippen molar-refractivity contribution < 1.29 is 33.4 Å². The number of methoxy groups -OCH3 is 1. The van der Waals surface area contributed by atoms with Gasteiger partial charge in [-0.05, 0) is 73.2 Å². The summed E-state index contributed by atoms with van der Waals surface area (Å²) in [6.07, 6.45) is 0. The van der Waals surface area contributed by atoms with Crippen molar-refractivity contribution in [3.8, 4) is 11.5 Å². The van der Waals surface area contributed by atoms with E-state index >= 15 is 0 Å². The van der Waals surface area contributed by atoms with E-state index in [1.165, 1.54) is 23.9 Å². The van der Waals surface area contributed by atoms with E-state index in [1.807, 2.05) is 6.07 Å². The Kier molecular flexibility index (Phi) is 8.46. The van der Waals surface area contributed by atoms with Gasteiger partial charge in [0.1, 0.15) is 16.7 Å². The Bertz CT molecular complexity index is 1830. The Morgan fingerprint density at radius 2 is 1.71 bits per heavy atom. The fourth-order valence-corrected chi connectivity index (χ4v) is 7.92. The Labute approximate surface area is 265 Å². The lowest BCUT2D eigenvalue weighted by Crippen LogP contribution is -2.32. The molecule has 1 fully saturated rings. The van der Waals surface area contributed by atoms with Crippen LogP contribution in [-0.2, 0) is 19.1 Å². The van der Waals surface area contributed by atoms with Crippen LogP contribution in [0.15, 0.2) is 82.6 Å². The van der Waals surface area contributed by atoms with E-state index in [0.717, 1.165) is 16.2 Å². The maximum Gasteiger partial charge on any atom is 0.338 e. The van der Waals surface area contributed by atoms with Crippen molar-refractivity contribution in [2.45, 2.75) is 23.1 Å². The van der Waals surface area contributed by atoms with Gasteiger partial charge < -0.3 is 24.5 Å². The van der Waals surface area contributed by atoms with Gasteiger partial charge in [-0.1, -0.05) is 35.2 Å². The van der Waals surface area contributed by atoms with Crippen LogP contribution in [0.5, 0.6) is 11.5 Å². The highest BCUT2D eigenvalue weighted by Gasteiger charge is 2.56. The summed E-state index contributed by atoms with van der Waals surface area (Å²) >= 11 is 2.17. The summed E-state index contributed by atoms with van der Waals surface area (Å²) in [4.78, 5) is 69.2. The van der Waals surface area contributed by atoms with Crippen molar-refractivity contribution in [1.82, 2.24) is 4.98 Å². The van der Waals surface area contributed by atoms with E-state index in [9.17, 15) is 24.0 Å². The number of hydrogen-bond acceptors (Lipinski definition) is 10. The van der Waals surface area contributed by atoms with E-state index in [4.69, 9.17) is 14.2 Å². The van der Waals surface area contributed by atoms with Crippen LogP contribution in [-0.4, -0.2) is 54.2 Å². The van der Waals surface area contributed by atoms with Gasteiger partial charge in [-0.2, -0.15) is 0 Å². The van der Waals surface area contributed by atoms with Crippen LogP contribution in [0.25, 0.3) is 0 Å². The Balaban J connectivity index is 1.25.